The lowest BCUT2D eigenvalue weighted by molar-refractivity contribution is 0.328. The van der Waals surface area contributed by atoms with Gasteiger partial charge in [-0.25, -0.2) is 0 Å². The molecule has 2 rings (SSSR count). The predicted molar refractivity (Wildman–Crippen MR) is 46.5 cm³/mol. The number of hydrogen-bond acceptors (Lipinski definition) is 2. The van der Waals surface area contributed by atoms with E-state index in [9.17, 15) is 0 Å². The van der Waals surface area contributed by atoms with Gasteiger partial charge in [0.2, 0.25) is 0 Å². The summed E-state index contributed by atoms with van der Waals surface area (Å²) in [7, 11) is 0. The van der Waals surface area contributed by atoms with Crippen LogP contribution >= 0.6 is 11.8 Å². The summed E-state index contributed by atoms with van der Waals surface area (Å²) in [5, 5.41) is 0. The van der Waals surface area contributed by atoms with Crippen molar-refractivity contribution < 1.29 is 0 Å². The lowest BCUT2D eigenvalue weighted by Crippen LogP contribution is -2.24. The zero-order valence-corrected chi connectivity index (χ0v) is 7.20. The van der Waals surface area contributed by atoms with Crippen LogP contribution in [-0.2, 0) is 0 Å². The van der Waals surface area contributed by atoms with Crippen molar-refractivity contribution in [3.8, 4) is 0 Å². The molecule has 2 unspecified atom stereocenters. The molecule has 0 radical (unpaired) electrons. The first kappa shape index (κ1) is 6.99. The highest BCUT2D eigenvalue weighted by atomic mass is 32.2. The van der Waals surface area contributed by atoms with Gasteiger partial charge >= 0.3 is 0 Å². The van der Waals surface area contributed by atoms with Gasteiger partial charge < -0.3 is 4.90 Å². The second-order valence-corrected chi connectivity index (χ2v) is 4.53. The van der Waals surface area contributed by atoms with Gasteiger partial charge in [-0.1, -0.05) is 0 Å². The highest BCUT2D eigenvalue weighted by Crippen LogP contribution is 2.23. The third-order valence-corrected chi connectivity index (χ3v) is 3.77. The molecule has 0 aromatic carbocycles. The monoisotopic (exact) mass is 157 g/mol. The first-order valence-electron chi connectivity index (χ1n) is 4.25. The molecule has 2 heterocycles. The van der Waals surface area contributed by atoms with E-state index in [4.69, 9.17) is 0 Å². The minimum atomic E-state index is 1.03. The van der Waals surface area contributed by atoms with Gasteiger partial charge in [0, 0.05) is 6.54 Å². The molecule has 2 aliphatic heterocycles. The third kappa shape index (κ3) is 1.48. The van der Waals surface area contributed by atoms with Crippen LogP contribution in [0.4, 0.5) is 0 Å². The van der Waals surface area contributed by atoms with Crippen LogP contribution in [0.5, 0.6) is 0 Å². The Morgan fingerprint density at radius 1 is 1.30 bits per heavy atom. The Bertz CT molecular complexity index is 104. The lowest BCUT2D eigenvalue weighted by Gasteiger charge is -2.18. The van der Waals surface area contributed by atoms with Crippen LogP contribution in [0.25, 0.3) is 0 Å². The summed E-state index contributed by atoms with van der Waals surface area (Å²) in [6.45, 7) is 4.14. The van der Waals surface area contributed by atoms with Crippen LogP contribution in [0.1, 0.15) is 12.8 Å². The van der Waals surface area contributed by atoms with Crippen molar-refractivity contribution in [1.29, 1.82) is 0 Å². The topological polar surface area (TPSA) is 3.24 Å². The molecule has 1 nitrogen and oxygen atoms in total. The standard InChI is InChI=1S/C8H15NS/c1-3-9-4-2-8(6-9)7-10-5-1/h8H,1-7H2. The zero-order valence-electron chi connectivity index (χ0n) is 6.38. The van der Waals surface area contributed by atoms with Gasteiger partial charge in [0.05, 0.1) is 0 Å². The molecule has 0 spiro atoms. The van der Waals surface area contributed by atoms with Crippen molar-refractivity contribution in [3.63, 3.8) is 0 Å². The fourth-order valence-corrected chi connectivity index (χ4v) is 3.00. The maximum atomic E-state index is 2.63. The highest BCUT2D eigenvalue weighted by molar-refractivity contribution is 7.99. The summed E-state index contributed by atoms with van der Waals surface area (Å²) in [6.07, 6.45) is 2.88. The van der Waals surface area contributed by atoms with E-state index in [-0.39, 0.29) is 0 Å². The first-order chi connectivity index (χ1) is 4.95. The normalized spacial score (nSPS) is 40.8. The van der Waals surface area contributed by atoms with Crippen molar-refractivity contribution in [2.45, 2.75) is 12.8 Å². The number of fused-ring (bicyclic) bond motifs is 2. The molecule has 0 aromatic heterocycles. The number of hydrogen-bond donors (Lipinski definition) is 0. The van der Waals surface area contributed by atoms with E-state index in [1.807, 2.05) is 0 Å². The molecule has 2 atom stereocenters. The molecule has 2 saturated heterocycles. The fraction of sp³-hybridized carbons (Fsp3) is 1.00. The molecule has 0 aromatic rings. The largest absolute Gasteiger partial charge is 0.303 e. The van der Waals surface area contributed by atoms with Crippen molar-refractivity contribution in [3.05, 3.63) is 0 Å². The van der Waals surface area contributed by atoms with Crippen LogP contribution in [0.2, 0.25) is 0 Å². The minimum Gasteiger partial charge on any atom is -0.303 e. The second kappa shape index (κ2) is 3.14. The van der Waals surface area contributed by atoms with Crippen molar-refractivity contribution >= 4 is 11.8 Å². The third-order valence-electron chi connectivity index (χ3n) is 2.49. The number of thioether (sulfide) groups is 1. The predicted octanol–water partition coefficient (Wildman–Crippen LogP) is 1.45. The summed E-state index contributed by atoms with van der Waals surface area (Å²) in [5.74, 6) is 3.86. The average molecular weight is 157 g/mol. The maximum absolute atomic E-state index is 2.63. The van der Waals surface area contributed by atoms with Crippen LogP contribution in [-0.4, -0.2) is 36.0 Å². The number of rotatable bonds is 0. The van der Waals surface area contributed by atoms with Gasteiger partial charge in [-0.15, -0.1) is 0 Å². The molecular weight excluding hydrogens is 142 g/mol. The van der Waals surface area contributed by atoms with Crippen molar-refractivity contribution in [2.75, 3.05) is 31.1 Å². The van der Waals surface area contributed by atoms with Gasteiger partial charge in [-0.3, -0.25) is 0 Å². The molecule has 0 amide bonds. The van der Waals surface area contributed by atoms with Crippen molar-refractivity contribution in [1.82, 2.24) is 4.90 Å². The zero-order chi connectivity index (χ0) is 6.81. The van der Waals surface area contributed by atoms with Gasteiger partial charge in [0.25, 0.3) is 0 Å². The summed E-state index contributed by atoms with van der Waals surface area (Å²) >= 11 is 2.16. The molecule has 2 aliphatic rings. The molecule has 58 valence electrons. The summed E-state index contributed by atoms with van der Waals surface area (Å²) in [4.78, 5) is 2.63. The molecular formula is C8H15NS. The Morgan fingerprint density at radius 3 is 3.30 bits per heavy atom. The highest BCUT2D eigenvalue weighted by Gasteiger charge is 2.23. The maximum Gasteiger partial charge on any atom is 0.00180 e. The lowest BCUT2D eigenvalue weighted by atomic mass is 10.2. The Labute approximate surface area is 67.2 Å². The Hall–Kier alpha value is 0.310. The second-order valence-electron chi connectivity index (χ2n) is 3.38. The molecule has 0 N–H and O–H groups in total. The Balaban J connectivity index is 1.91. The van der Waals surface area contributed by atoms with Crippen molar-refractivity contribution in [2.24, 2.45) is 5.92 Å². The molecule has 2 heteroatoms. The van der Waals surface area contributed by atoms with E-state index in [1.165, 1.54) is 44.0 Å². The van der Waals surface area contributed by atoms with E-state index in [0.717, 1.165) is 5.92 Å². The first-order valence-corrected chi connectivity index (χ1v) is 5.41. The van der Waals surface area contributed by atoms with E-state index in [1.54, 1.807) is 0 Å². The van der Waals surface area contributed by atoms with Gasteiger partial charge in [0.15, 0.2) is 0 Å². The molecule has 10 heavy (non-hydrogen) atoms. The summed E-state index contributed by atoms with van der Waals surface area (Å²) < 4.78 is 0. The molecule has 0 saturated carbocycles. The molecule has 0 aliphatic carbocycles. The van der Waals surface area contributed by atoms with E-state index in [0.29, 0.717) is 0 Å². The molecule has 2 bridgehead atoms. The van der Waals surface area contributed by atoms with E-state index in [2.05, 4.69) is 16.7 Å². The number of nitrogens with zero attached hydrogens (tertiary/aromatic N) is 1. The van der Waals surface area contributed by atoms with Crippen LogP contribution < -0.4 is 0 Å². The van der Waals surface area contributed by atoms with Gasteiger partial charge in [-0.2, -0.15) is 11.8 Å². The quantitative estimate of drug-likeness (QED) is 0.523. The Kier molecular flexibility index (Phi) is 2.19. The summed E-state index contributed by atoms with van der Waals surface area (Å²) in [6, 6.07) is 0. The SMILES string of the molecule is C1CSCC2CCN(C1)C2. The fourth-order valence-electron chi connectivity index (χ4n) is 1.89. The van der Waals surface area contributed by atoms with Crippen LogP contribution in [0.3, 0.4) is 0 Å². The summed E-state index contributed by atoms with van der Waals surface area (Å²) in [5.41, 5.74) is 0. The average Bonchev–Trinajstić information content (AvgIpc) is 2.30. The molecule has 2 fully saturated rings. The Morgan fingerprint density at radius 2 is 2.30 bits per heavy atom. The van der Waals surface area contributed by atoms with Gasteiger partial charge in [-0.05, 0) is 43.4 Å². The minimum absolute atomic E-state index is 1.03. The van der Waals surface area contributed by atoms with Crippen LogP contribution in [0, 0.1) is 5.92 Å². The van der Waals surface area contributed by atoms with E-state index < -0.39 is 0 Å². The smallest absolute Gasteiger partial charge is 0.00180 e. The van der Waals surface area contributed by atoms with Crippen LogP contribution in [0.15, 0.2) is 0 Å². The van der Waals surface area contributed by atoms with Gasteiger partial charge in [0.1, 0.15) is 0 Å². The van der Waals surface area contributed by atoms with E-state index >= 15 is 0 Å².